The Morgan fingerprint density at radius 3 is 2.68 bits per heavy atom. The maximum atomic E-state index is 12.3. The molecule has 0 bridgehead atoms. The van der Waals surface area contributed by atoms with Crippen molar-refractivity contribution in [3.63, 3.8) is 0 Å². The highest BCUT2D eigenvalue weighted by Gasteiger charge is 2.14. The molecule has 9 heteroatoms. The molecular formula is C19H16N2O5S2. The van der Waals surface area contributed by atoms with Gasteiger partial charge in [0.05, 0.1) is 30.0 Å². The number of hydrogen-bond donors (Lipinski definition) is 0. The van der Waals surface area contributed by atoms with Crippen molar-refractivity contribution >= 4 is 56.8 Å². The van der Waals surface area contributed by atoms with Gasteiger partial charge in [-0.25, -0.2) is 4.79 Å². The number of carbonyl (C=O) groups excluding carboxylic acids is 3. The van der Waals surface area contributed by atoms with E-state index < -0.39 is 17.8 Å². The number of ether oxygens (including phenoxy) is 2. The Balaban J connectivity index is 2.05. The number of thiazole rings is 1. The predicted octanol–water partition coefficient (Wildman–Crippen LogP) is 2.86. The second-order valence-electron chi connectivity index (χ2n) is 5.52. The van der Waals surface area contributed by atoms with Crippen molar-refractivity contribution in [3.8, 4) is 0 Å². The van der Waals surface area contributed by atoms with E-state index in [1.807, 2.05) is 17.5 Å². The molecule has 0 saturated carbocycles. The molecule has 0 N–H and O–H groups in total. The number of amides is 1. The van der Waals surface area contributed by atoms with Crippen molar-refractivity contribution in [2.75, 3.05) is 14.2 Å². The molecule has 0 radical (unpaired) electrons. The van der Waals surface area contributed by atoms with Gasteiger partial charge < -0.3 is 14.0 Å². The zero-order valence-electron chi connectivity index (χ0n) is 15.1. The van der Waals surface area contributed by atoms with Crippen LogP contribution in [0.3, 0.4) is 0 Å². The maximum absolute atomic E-state index is 12.3. The third-order valence-electron chi connectivity index (χ3n) is 3.76. The van der Waals surface area contributed by atoms with Gasteiger partial charge in [-0.2, -0.15) is 4.99 Å². The van der Waals surface area contributed by atoms with Gasteiger partial charge in [0.1, 0.15) is 6.54 Å². The number of fused-ring (bicyclic) bond motifs is 1. The summed E-state index contributed by atoms with van der Waals surface area (Å²) in [6, 6.07) is 8.70. The Bertz CT molecular complexity index is 1120. The number of nitrogens with zero attached hydrogens (tertiary/aromatic N) is 2. The number of rotatable bonds is 5. The van der Waals surface area contributed by atoms with Gasteiger partial charge in [0.15, 0.2) is 4.80 Å². The molecule has 0 unspecified atom stereocenters. The highest BCUT2D eigenvalue weighted by molar-refractivity contribution is 7.16. The van der Waals surface area contributed by atoms with Gasteiger partial charge in [0.25, 0.3) is 5.91 Å². The van der Waals surface area contributed by atoms with Crippen LogP contribution >= 0.6 is 22.7 Å². The Labute approximate surface area is 168 Å². The van der Waals surface area contributed by atoms with Gasteiger partial charge in [-0.15, -0.1) is 11.3 Å². The summed E-state index contributed by atoms with van der Waals surface area (Å²) in [6.07, 6.45) is 3.06. The molecule has 0 aliphatic rings. The average molecular weight is 416 g/mol. The third kappa shape index (κ3) is 4.44. The minimum atomic E-state index is -0.472. The molecular weight excluding hydrogens is 400 g/mol. The second-order valence-corrected chi connectivity index (χ2v) is 7.51. The topological polar surface area (TPSA) is 87.0 Å². The van der Waals surface area contributed by atoms with Crippen LogP contribution in [0.25, 0.3) is 16.3 Å². The molecule has 0 aliphatic carbocycles. The lowest BCUT2D eigenvalue weighted by Crippen LogP contribution is -2.22. The molecule has 3 aromatic rings. The Kier molecular flexibility index (Phi) is 6.17. The van der Waals surface area contributed by atoms with Gasteiger partial charge >= 0.3 is 11.9 Å². The first-order valence-corrected chi connectivity index (χ1v) is 9.80. The van der Waals surface area contributed by atoms with Crippen LogP contribution in [0.1, 0.15) is 15.2 Å². The van der Waals surface area contributed by atoms with Crippen molar-refractivity contribution in [3.05, 3.63) is 57.0 Å². The number of benzene rings is 1. The fraction of sp³-hybridized carbons (Fsp3) is 0.158. The van der Waals surface area contributed by atoms with Crippen LogP contribution in [0.4, 0.5) is 0 Å². The van der Waals surface area contributed by atoms with Crippen LogP contribution in [0, 0.1) is 0 Å². The lowest BCUT2D eigenvalue weighted by Gasteiger charge is -2.04. The quantitative estimate of drug-likeness (QED) is 0.472. The van der Waals surface area contributed by atoms with E-state index in [0.717, 1.165) is 4.88 Å². The molecule has 2 heterocycles. The number of hydrogen-bond acceptors (Lipinski definition) is 7. The lowest BCUT2D eigenvalue weighted by molar-refractivity contribution is -0.141. The van der Waals surface area contributed by atoms with E-state index in [-0.39, 0.29) is 6.54 Å². The van der Waals surface area contributed by atoms with Gasteiger partial charge in [0, 0.05) is 11.0 Å². The van der Waals surface area contributed by atoms with Crippen LogP contribution in [0.5, 0.6) is 0 Å². The molecule has 0 atom stereocenters. The van der Waals surface area contributed by atoms with E-state index in [4.69, 9.17) is 9.47 Å². The smallest absolute Gasteiger partial charge is 0.337 e. The van der Waals surface area contributed by atoms with Crippen molar-refractivity contribution < 1.29 is 23.9 Å². The number of aromatic nitrogens is 1. The highest BCUT2D eigenvalue weighted by atomic mass is 32.1. The van der Waals surface area contributed by atoms with Crippen LogP contribution in [-0.2, 0) is 25.6 Å². The monoisotopic (exact) mass is 416 g/mol. The summed E-state index contributed by atoms with van der Waals surface area (Å²) in [5.74, 6) is -1.39. The average Bonchev–Trinajstić information content (AvgIpc) is 3.33. The highest BCUT2D eigenvalue weighted by Crippen LogP contribution is 2.20. The molecule has 7 nitrogen and oxygen atoms in total. The first-order chi connectivity index (χ1) is 13.5. The summed E-state index contributed by atoms with van der Waals surface area (Å²) >= 11 is 2.71. The summed E-state index contributed by atoms with van der Waals surface area (Å²) < 4.78 is 11.8. The van der Waals surface area contributed by atoms with Gasteiger partial charge in [0.2, 0.25) is 0 Å². The fourth-order valence-corrected chi connectivity index (χ4v) is 4.11. The first-order valence-electron chi connectivity index (χ1n) is 8.10. The van der Waals surface area contributed by atoms with E-state index in [1.165, 1.54) is 43.0 Å². The molecule has 28 heavy (non-hydrogen) atoms. The number of thiophene rings is 1. The molecule has 0 saturated heterocycles. The number of carbonyl (C=O) groups is 3. The lowest BCUT2D eigenvalue weighted by atomic mass is 10.2. The van der Waals surface area contributed by atoms with Crippen molar-refractivity contribution in [1.82, 2.24) is 4.57 Å². The zero-order chi connectivity index (χ0) is 20.1. The fourth-order valence-electron chi connectivity index (χ4n) is 2.42. The zero-order valence-corrected chi connectivity index (χ0v) is 16.7. The SMILES string of the molecule is COC(=O)Cn1c(=NC(=O)/C=C/c2cccs2)sc2cc(C(=O)OC)ccc21. The van der Waals surface area contributed by atoms with Crippen LogP contribution in [-0.4, -0.2) is 36.6 Å². The molecule has 0 spiro atoms. The molecule has 144 valence electrons. The molecule has 1 amide bonds. The van der Waals surface area contributed by atoms with Crippen LogP contribution in [0.2, 0.25) is 0 Å². The Morgan fingerprint density at radius 2 is 2.00 bits per heavy atom. The number of methoxy groups -OCH3 is 2. The van der Waals surface area contributed by atoms with E-state index in [2.05, 4.69) is 4.99 Å². The largest absolute Gasteiger partial charge is 0.468 e. The summed E-state index contributed by atoms with van der Waals surface area (Å²) in [5, 5.41) is 1.91. The minimum absolute atomic E-state index is 0.102. The van der Waals surface area contributed by atoms with E-state index in [0.29, 0.717) is 20.6 Å². The van der Waals surface area contributed by atoms with E-state index in [1.54, 1.807) is 28.8 Å². The third-order valence-corrected chi connectivity index (χ3v) is 5.64. The van der Waals surface area contributed by atoms with Gasteiger partial charge in [-0.05, 0) is 35.7 Å². The molecule has 1 aromatic carbocycles. The Hall–Kier alpha value is -3.04. The normalized spacial score (nSPS) is 11.9. The van der Waals surface area contributed by atoms with Gasteiger partial charge in [-0.3, -0.25) is 9.59 Å². The Morgan fingerprint density at radius 1 is 1.18 bits per heavy atom. The van der Waals surface area contributed by atoms with Gasteiger partial charge in [-0.1, -0.05) is 17.4 Å². The maximum Gasteiger partial charge on any atom is 0.337 e. The van der Waals surface area contributed by atoms with Crippen LogP contribution in [0.15, 0.2) is 46.8 Å². The first kappa shape index (κ1) is 19.7. The summed E-state index contributed by atoms with van der Waals surface area (Å²) in [5.41, 5.74) is 1.04. The standard InChI is InChI=1S/C19H16N2O5S2/c1-25-17(23)11-21-14-7-5-12(18(24)26-2)10-15(14)28-19(21)20-16(22)8-6-13-4-3-9-27-13/h3-10H,11H2,1-2H3/b8-6+,20-19?. The van der Waals surface area contributed by atoms with E-state index in [9.17, 15) is 14.4 Å². The van der Waals surface area contributed by atoms with Crippen molar-refractivity contribution in [1.29, 1.82) is 0 Å². The molecule has 2 aromatic heterocycles. The molecule has 0 aliphatic heterocycles. The van der Waals surface area contributed by atoms with Crippen molar-refractivity contribution in [2.45, 2.75) is 6.54 Å². The molecule has 3 rings (SSSR count). The summed E-state index contributed by atoms with van der Waals surface area (Å²) in [4.78, 5) is 41.2. The van der Waals surface area contributed by atoms with Crippen LogP contribution < -0.4 is 4.80 Å². The summed E-state index contributed by atoms with van der Waals surface area (Å²) in [7, 11) is 2.59. The minimum Gasteiger partial charge on any atom is -0.468 e. The van der Waals surface area contributed by atoms with Crippen molar-refractivity contribution in [2.24, 2.45) is 4.99 Å². The molecule has 0 fully saturated rings. The predicted molar refractivity (Wildman–Crippen MR) is 107 cm³/mol. The summed E-state index contributed by atoms with van der Waals surface area (Å²) in [6.45, 7) is -0.102. The number of esters is 2. The second kappa shape index (κ2) is 8.77. The van der Waals surface area contributed by atoms with E-state index >= 15 is 0 Å².